The first-order valence-corrected chi connectivity index (χ1v) is 17.2. The zero-order valence-corrected chi connectivity index (χ0v) is 27.4. The van der Waals surface area contributed by atoms with Gasteiger partial charge < -0.3 is 9.80 Å². The van der Waals surface area contributed by atoms with Crippen LogP contribution in [0.1, 0.15) is 13.8 Å². The highest BCUT2D eigenvalue weighted by atomic mass is 32.1. The third-order valence-electron chi connectivity index (χ3n) is 8.49. The summed E-state index contributed by atoms with van der Waals surface area (Å²) in [7, 11) is 0. The van der Waals surface area contributed by atoms with Crippen LogP contribution in [0.3, 0.4) is 0 Å². The van der Waals surface area contributed by atoms with Crippen molar-refractivity contribution in [2.75, 3.05) is 9.80 Å². The molecule has 0 radical (unpaired) electrons. The Kier molecular flexibility index (Phi) is 7.37. The Morgan fingerprint density at radius 2 is 1.04 bits per heavy atom. The van der Waals surface area contributed by atoms with Gasteiger partial charge in [0.15, 0.2) is 0 Å². The maximum absolute atomic E-state index is 2.41. The second-order valence-corrected chi connectivity index (χ2v) is 13.5. The minimum absolute atomic E-state index is 1.11. The van der Waals surface area contributed by atoms with Crippen LogP contribution in [-0.4, -0.2) is 0 Å². The summed E-state index contributed by atoms with van der Waals surface area (Å²) >= 11 is 3.73. The maximum atomic E-state index is 2.41. The van der Waals surface area contributed by atoms with Crippen molar-refractivity contribution in [2.24, 2.45) is 0 Å². The molecular weight excluding hydrogens is 597 g/mol. The number of nitrogens with zero attached hydrogens (tertiary/aromatic N) is 2. The van der Waals surface area contributed by atoms with Crippen molar-refractivity contribution in [1.29, 1.82) is 0 Å². The second kappa shape index (κ2) is 12.0. The van der Waals surface area contributed by atoms with Crippen LogP contribution in [0.15, 0.2) is 163 Å². The van der Waals surface area contributed by atoms with Crippen molar-refractivity contribution in [3.05, 3.63) is 163 Å². The van der Waals surface area contributed by atoms with Crippen LogP contribution >= 0.6 is 22.7 Å². The summed E-state index contributed by atoms with van der Waals surface area (Å²) in [5.41, 5.74) is 6.88. The lowest BCUT2D eigenvalue weighted by molar-refractivity contribution is 1.16. The van der Waals surface area contributed by atoms with E-state index in [0.717, 1.165) is 22.8 Å². The first kappa shape index (κ1) is 28.3. The third kappa shape index (κ3) is 4.87. The number of benzene rings is 6. The van der Waals surface area contributed by atoms with Gasteiger partial charge in [0.2, 0.25) is 0 Å². The fourth-order valence-electron chi connectivity index (χ4n) is 6.44. The highest BCUT2D eigenvalue weighted by molar-refractivity contribution is 7.26. The molecule has 0 N–H and O–H groups in total. The third-order valence-corrected chi connectivity index (χ3v) is 10.9. The molecule has 0 aliphatic heterocycles. The molecule has 0 saturated heterocycles. The summed E-state index contributed by atoms with van der Waals surface area (Å²) < 4.78 is 5.19. The Hall–Kier alpha value is -5.16. The van der Waals surface area contributed by atoms with Crippen molar-refractivity contribution in [3.8, 4) is 0 Å². The number of hydrogen-bond donors (Lipinski definition) is 0. The number of rotatable bonds is 7. The van der Waals surface area contributed by atoms with Gasteiger partial charge in [-0.1, -0.05) is 97.1 Å². The Morgan fingerprint density at radius 1 is 0.522 bits per heavy atom. The van der Waals surface area contributed by atoms with E-state index in [1.807, 2.05) is 22.7 Å². The van der Waals surface area contributed by atoms with Gasteiger partial charge in [-0.15, -0.1) is 22.7 Å². The maximum Gasteiger partial charge on any atom is 0.0640 e. The largest absolute Gasteiger partial charge is 0.313 e. The van der Waals surface area contributed by atoms with Crippen molar-refractivity contribution in [3.63, 3.8) is 0 Å². The van der Waals surface area contributed by atoms with Crippen molar-refractivity contribution < 1.29 is 0 Å². The molecule has 46 heavy (non-hydrogen) atoms. The highest BCUT2D eigenvalue weighted by Crippen LogP contribution is 2.47. The summed E-state index contributed by atoms with van der Waals surface area (Å²) in [5.74, 6) is 0. The highest BCUT2D eigenvalue weighted by Gasteiger charge is 2.21. The van der Waals surface area contributed by atoms with Gasteiger partial charge in [-0.05, 0) is 74.5 Å². The van der Waals surface area contributed by atoms with E-state index in [0.29, 0.717) is 0 Å². The van der Waals surface area contributed by atoms with Gasteiger partial charge >= 0.3 is 0 Å². The number of anilines is 5. The molecule has 0 spiro atoms. The van der Waals surface area contributed by atoms with Gasteiger partial charge in [-0.3, -0.25) is 0 Å². The monoisotopic (exact) mass is 628 g/mol. The fourth-order valence-corrected chi connectivity index (χ4v) is 8.85. The molecule has 4 heteroatoms. The number of fused-ring (bicyclic) bond motifs is 6. The molecule has 0 bridgehead atoms. The first-order chi connectivity index (χ1) is 22.7. The molecule has 0 aliphatic rings. The fraction of sp³-hybridized carbons (Fsp3) is 0.0476. The van der Waals surface area contributed by atoms with Crippen LogP contribution in [-0.2, 0) is 0 Å². The van der Waals surface area contributed by atoms with Crippen molar-refractivity contribution in [2.45, 2.75) is 13.8 Å². The van der Waals surface area contributed by atoms with E-state index >= 15 is 0 Å². The van der Waals surface area contributed by atoms with Crippen LogP contribution in [0.2, 0.25) is 0 Å². The molecule has 8 aromatic rings. The average molecular weight is 629 g/mol. The first-order valence-electron chi connectivity index (χ1n) is 15.6. The van der Waals surface area contributed by atoms with Gasteiger partial charge in [0.05, 0.1) is 20.8 Å². The van der Waals surface area contributed by atoms with E-state index in [2.05, 4.69) is 181 Å². The molecule has 222 valence electrons. The Morgan fingerprint density at radius 3 is 1.72 bits per heavy atom. The van der Waals surface area contributed by atoms with E-state index in [1.165, 1.54) is 51.7 Å². The van der Waals surface area contributed by atoms with Crippen molar-refractivity contribution >= 4 is 91.5 Å². The molecule has 8 rings (SSSR count). The molecule has 0 atom stereocenters. The molecule has 2 heterocycles. The summed E-state index contributed by atoms with van der Waals surface area (Å²) in [5, 5.41) is 5.19. The second-order valence-electron chi connectivity index (χ2n) is 11.4. The standard InChI is InChI=1S/C42H32N2S2/c1-3-4-15-29(2)43(37-24-13-22-35-33-20-8-10-26-39(33)45-41(35)37)31-18-12-19-32(28-31)44(30-16-6-5-7-17-30)38-25-14-23-36-34-21-9-11-27-40(34)46-42(36)38/h3-28H,1-2H3/b4-3-,29-15+. The zero-order valence-electron chi connectivity index (χ0n) is 25.7. The van der Waals surface area contributed by atoms with Gasteiger partial charge in [0.25, 0.3) is 0 Å². The van der Waals surface area contributed by atoms with Gasteiger partial charge in [-0.25, -0.2) is 0 Å². The molecule has 0 amide bonds. The summed E-state index contributed by atoms with van der Waals surface area (Å²) in [6, 6.07) is 50.5. The minimum atomic E-state index is 1.11. The molecular formula is C42H32N2S2. The summed E-state index contributed by atoms with van der Waals surface area (Å²) in [6.45, 7) is 4.26. The topological polar surface area (TPSA) is 6.48 Å². The van der Waals surface area contributed by atoms with E-state index in [4.69, 9.17) is 0 Å². The van der Waals surface area contributed by atoms with Crippen molar-refractivity contribution in [1.82, 2.24) is 0 Å². The van der Waals surface area contributed by atoms with Crippen LogP contribution in [0, 0.1) is 0 Å². The molecule has 0 fully saturated rings. The average Bonchev–Trinajstić information content (AvgIpc) is 3.68. The molecule has 6 aromatic carbocycles. The van der Waals surface area contributed by atoms with Crippen LogP contribution < -0.4 is 9.80 Å². The van der Waals surface area contributed by atoms with Gasteiger partial charge in [-0.2, -0.15) is 0 Å². The Balaban J connectivity index is 1.35. The van der Waals surface area contributed by atoms with Gasteiger partial charge in [0.1, 0.15) is 0 Å². The summed E-state index contributed by atoms with van der Waals surface area (Å²) in [6.07, 6.45) is 6.41. The minimum Gasteiger partial charge on any atom is -0.313 e. The smallest absolute Gasteiger partial charge is 0.0640 e. The number of para-hydroxylation sites is 1. The Bertz CT molecular complexity index is 2410. The van der Waals surface area contributed by atoms with Gasteiger partial charge in [0, 0.05) is 53.7 Å². The number of hydrogen-bond acceptors (Lipinski definition) is 4. The summed E-state index contributed by atoms with van der Waals surface area (Å²) in [4.78, 5) is 4.81. The molecule has 0 aliphatic carbocycles. The molecule has 0 unspecified atom stereocenters. The lowest BCUT2D eigenvalue weighted by atomic mass is 10.1. The SMILES string of the molecule is C/C=C\C=C(/C)N(c1cccc(N(c2ccccc2)c2cccc3c2sc2ccccc23)c1)c1cccc2c1sc1ccccc12. The molecule has 2 aromatic heterocycles. The van der Waals surface area contributed by atoms with Crippen LogP contribution in [0.4, 0.5) is 28.4 Å². The quantitative estimate of drug-likeness (QED) is 0.162. The normalized spacial score (nSPS) is 12.2. The number of allylic oxidation sites excluding steroid dienone is 4. The lowest BCUT2D eigenvalue weighted by Crippen LogP contribution is -2.16. The predicted molar refractivity (Wildman–Crippen MR) is 204 cm³/mol. The number of thiophene rings is 2. The lowest BCUT2D eigenvalue weighted by Gasteiger charge is -2.30. The van der Waals surface area contributed by atoms with E-state index in [-0.39, 0.29) is 0 Å². The molecule has 0 saturated carbocycles. The Labute approximate surface area is 277 Å². The van der Waals surface area contributed by atoms with E-state index < -0.39 is 0 Å². The zero-order chi connectivity index (χ0) is 31.0. The van der Waals surface area contributed by atoms with E-state index in [1.54, 1.807) is 0 Å². The van der Waals surface area contributed by atoms with Crippen LogP contribution in [0.25, 0.3) is 40.3 Å². The molecule has 2 nitrogen and oxygen atoms in total. The van der Waals surface area contributed by atoms with Crippen LogP contribution in [0.5, 0.6) is 0 Å². The predicted octanol–water partition coefficient (Wildman–Crippen LogP) is 13.5. The van der Waals surface area contributed by atoms with E-state index in [9.17, 15) is 0 Å².